The van der Waals surface area contributed by atoms with E-state index in [0.717, 1.165) is 44.5 Å². The molecule has 1 aliphatic heterocycles. The fraction of sp³-hybridized carbons (Fsp3) is 0.417. The third kappa shape index (κ3) is 4.01. The summed E-state index contributed by atoms with van der Waals surface area (Å²) in [7, 11) is 1.68. The van der Waals surface area contributed by atoms with Crippen molar-refractivity contribution >= 4 is 23.3 Å². The summed E-state index contributed by atoms with van der Waals surface area (Å²) in [6.07, 6.45) is 3.01. The van der Waals surface area contributed by atoms with Crippen LogP contribution in [0.2, 0.25) is 5.02 Å². The Bertz CT molecular complexity index is 962. The number of halogens is 2. The molecule has 1 aliphatic carbocycles. The fourth-order valence-electron chi connectivity index (χ4n) is 5.10. The van der Waals surface area contributed by atoms with Crippen LogP contribution in [0.5, 0.6) is 0 Å². The van der Waals surface area contributed by atoms with Gasteiger partial charge in [0.25, 0.3) is 0 Å². The maximum atomic E-state index is 13.0. The van der Waals surface area contributed by atoms with Gasteiger partial charge in [-0.05, 0) is 79.9 Å². The average molecular weight is 429 g/mol. The van der Waals surface area contributed by atoms with E-state index in [1.165, 1.54) is 17.7 Å². The van der Waals surface area contributed by atoms with Gasteiger partial charge in [-0.25, -0.2) is 4.39 Å². The Hall–Kier alpha value is -2.24. The Kier molecular flexibility index (Phi) is 5.94. The van der Waals surface area contributed by atoms with Gasteiger partial charge in [-0.2, -0.15) is 0 Å². The van der Waals surface area contributed by atoms with Crippen molar-refractivity contribution in [3.05, 3.63) is 70.0 Å². The van der Waals surface area contributed by atoms with Crippen molar-refractivity contribution in [2.45, 2.75) is 37.0 Å². The molecule has 1 saturated heterocycles. The largest absolute Gasteiger partial charge is 0.359 e. The van der Waals surface area contributed by atoms with Gasteiger partial charge in [0.1, 0.15) is 5.82 Å². The van der Waals surface area contributed by atoms with Crippen molar-refractivity contribution in [3.8, 4) is 0 Å². The number of rotatable bonds is 6. The zero-order valence-electron chi connectivity index (χ0n) is 17.1. The molecular formula is C24H26ClFN2O2. The highest BCUT2D eigenvalue weighted by molar-refractivity contribution is 6.30. The molecule has 0 saturated carbocycles. The summed E-state index contributed by atoms with van der Waals surface area (Å²) in [5.74, 6) is -0.408. The lowest BCUT2D eigenvalue weighted by Crippen LogP contribution is -2.31. The lowest BCUT2D eigenvalue weighted by Gasteiger charge is -2.26. The summed E-state index contributed by atoms with van der Waals surface area (Å²) in [4.78, 5) is 27.2. The smallest absolute Gasteiger partial charge is 0.227 e. The van der Waals surface area contributed by atoms with Gasteiger partial charge in [-0.3, -0.25) is 9.59 Å². The van der Waals surface area contributed by atoms with Crippen LogP contribution in [0.15, 0.2) is 42.5 Å². The van der Waals surface area contributed by atoms with E-state index >= 15 is 0 Å². The summed E-state index contributed by atoms with van der Waals surface area (Å²) in [6.45, 7) is 2.68. The Labute approximate surface area is 181 Å². The Balaban J connectivity index is 1.40. The number of carbonyl (C=O) groups excluding carboxylic acids is 2. The fourth-order valence-corrected chi connectivity index (χ4v) is 5.28. The number of carbonyl (C=O) groups is 2. The van der Waals surface area contributed by atoms with Crippen molar-refractivity contribution in [1.82, 2.24) is 10.2 Å². The Morgan fingerprint density at radius 2 is 2.00 bits per heavy atom. The summed E-state index contributed by atoms with van der Waals surface area (Å²) in [6, 6.07) is 11.7. The standard InChI is InChI=1S/C24H26ClFN2O2/c1-27-23(30)20-14-24(21-9-6-17(25)13-19(20)21)10-12-28(15-24)11-2-3-22(29)16-4-7-18(26)8-5-16/h4-9,13,20H,2-3,10-12,14-15H2,1H3,(H,27,30). The Morgan fingerprint density at radius 1 is 1.23 bits per heavy atom. The van der Waals surface area contributed by atoms with Crippen molar-refractivity contribution in [1.29, 1.82) is 0 Å². The van der Waals surface area contributed by atoms with E-state index in [1.807, 2.05) is 12.1 Å². The Morgan fingerprint density at radius 3 is 2.73 bits per heavy atom. The molecule has 6 heteroatoms. The molecule has 4 nitrogen and oxygen atoms in total. The molecule has 1 amide bonds. The zero-order valence-corrected chi connectivity index (χ0v) is 17.8. The van der Waals surface area contributed by atoms with Crippen LogP contribution in [-0.4, -0.2) is 43.3 Å². The first-order chi connectivity index (χ1) is 14.4. The number of Topliss-reactive ketones (excluding diaryl/α,β-unsaturated/α-hetero) is 1. The maximum absolute atomic E-state index is 13.0. The lowest BCUT2D eigenvalue weighted by atomic mass is 9.80. The van der Waals surface area contributed by atoms with Gasteiger partial charge in [-0.1, -0.05) is 17.7 Å². The van der Waals surface area contributed by atoms with Crippen LogP contribution in [0.3, 0.4) is 0 Å². The highest BCUT2D eigenvalue weighted by Crippen LogP contribution is 2.51. The number of benzene rings is 2. The molecule has 0 aromatic heterocycles. The molecule has 0 radical (unpaired) electrons. The predicted octanol–water partition coefficient (Wildman–Crippen LogP) is 4.32. The van der Waals surface area contributed by atoms with Crippen LogP contribution in [-0.2, 0) is 10.2 Å². The first-order valence-electron chi connectivity index (χ1n) is 10.4. The number of hydrogen-bond donors (Lipinski definition) is 1. The molecule has 1 heterocycles. The van der Waals surface area contributed by atoms with Gasteiger partial charge in [-0.15, -0.1) is 0 Å². The first-order valence-corrected chi connectivity index (χ1v) is 10.8. The van der Waals surface area contributed by atoms with Crippen LogP contribution in [0.25, 0.3) is 0 Å². The van der Waals surface area contributed by atoms with Crippen molar-refractivity contribution in [3.63, 3.8) is 0 Å². The second-order valence-electron chi connectivity index (χ2n) is 8.44. The van der Waals surface area contributed by atoms with Gasteiger partial charge in [0.05, 0.1) is 5.92 Å². The molecule has 1 fully saturated rings. The van der Waals surface area contributed by atoms with E-state index in [4.69, 9.17) is 11.6 Å². The van der Waals surface area contributed by atoms with Gasteiger partial charge in [0, 0.05) is 36.0 Å². The summed E-state index contributed by atoms with van der Waals surface area (Å²) in [5, 5.41) is 3.46. The number of likely N-dealkylation sites (N-methyl/N-ethyl adjacent to an activating group) is 1. The number of likely N-dealkylation sites (tertiary alicyclic amines) is 1. The molecule has 1 spiro atoms. The number of nitrogens with zero attached hydrogens (tertiary/aromatic N) is 1. The minimum atomic E-state index is -0.331. The minimum absolute atomic E-state index is 0.0297. The maximum Gasteiger partial charge on any atom is 0.227 e. The van der Waals surface area contributed by atoms with Gasteiger partial charge in [0.2, 0.25) is 5.91 Å². The molecule has 2 aromatic rings. The third-order valence-electron chi connectivity index (χ3n) is 6.60. The first kappa shape index (κ1) is 21.0. The zero-order chi connectivity index (χ0) is 21.3. The van der Waals surface area contributed by atoms with Gasteiger partial charge >= 0.3 is 0 Å². The highest BCUT2D eigenvalue weighted by Gasteiger charge is 2.49. The molecular weight excluding hydrogens is 403 g/mol. The molecule has 4 rings (SSSR count). The average Bonchev–Trinajstić information content (AvgIpc) is 3.29. The second kappa shape index (κ2) is 8.48. The van der Waals surface area contributed by atoms with E-state index in [2.05, 4.69) is 16.3 Å². The number of ketones is 1. The van der Waals surface area contributed by atoms with Crippen LogP contribution < -0.4 is 5.32 Å². The summed E-state index contributed by atoms with van der Waals surface area (Å²) >= 11 is 6.22. The predicted molar refractivity (Wildman–Crippen MR) is 116 cm³/mol. The molecule has 30 heavy (non-hydrogen) atoms. The lowest BCUT2D eigenvalue weighted by molar-refractivity contribution is -0.122. The summed E-state index contributed by atoms with van der Waals surface area (Å²) in [5.41, 5.74) is 2.82. The van der Waals surface area contributed by atoms with E-state index in [0.29, 0.717) is 17.0 Å². The number of fused-ring (bicyclic) bond motifs is 2. The van der Waals surface area contributed by atoms with Gasteiger partial charge < -0.3 is 10.2 Å². The third-order valence-corrected chi connectivity index (χ3v) is 6.83. The van der Waals surface area contributed by atoms with Gasteiger partial charge in [0.15, 0.2) is 5.78 Å². The normalized spacial score (nSPS) is 23.0. The minimum Gasteiger partial charge on any atom is -0.359 e. The monoisotopic (exact) mass is 428 g/mol. The van der Waals surface area contributed by atoms with Crippen LogP contribution >= 0.6 is 11.6 Å². The van der Waals surface area contributed by atoms with E-state index in [9.17, 15) is 14.0 Å². The van der Waals surface area contributed by atoms with E-state index < -0.39 is 0 Å². The van der Waals surface area contributed by atoms with Crippen LogP contribution in [0.1, 0.15) is 53.1 Å². The van der Waals surface area contributed by atoms with E-state index in [-0.39, 0.29) is 28.8 Å². The topological polar surface area (TPSA) is 49.4 Å². The molecule has 2 atom stereocenters. The second-order valence-corrected chi connectivity index (χ2v) is 8.88. The molecule has 158 valence electrons. The van der Waals surface area contributed by atoms with Crippen molar-refractivity contribution in [2.75, 3.05) is 26.7 Å². The summed E-state index contributed by atoms with van der Waals surface area (Å²) < 4.78 is 13.0. The van der Waals surface area contributed by atoms with Crippen molar-refractivity contribution in [2.24, 2.45) is 0 Å². The quantitative estimate of drug-likeness (QED) is 0.697. The SMILES string of the molecule is CNC(=O)C1CC2(CCN(CCCC(=O)c3ccc(F)cc3)C2)c2ccc(Cl)cc21. The van der Waals surface area contributed by atoms with Crippen molar-refractivity contribution < 1.29 is 14.0 Å². The number of nitrogens with one attached hydrogen (secondary N) is 1. The highest BCUT2D eigenvalue weighted by atomic mass is 35.5. The number of hydrogen-bond acceptors (Lipinski definition) is 3. The molecule has 1 N–H and O–H groups in total. The van der Waals surface area contributed by atoms with Crippen LogP contribution in [0, 0.1) is 5.82 Å². The molecule has 2 aliphatic rings. The van der Waals surface area contributed by atoms with Crippen LogP contribution in [0.4, 0.5) is 4.39 Å². The molecule has 2 unspecified atom stereocenters. The number of amides is 1. The molecule has 2 aromatic carbocycles. The molecule has 0 bridgehead atoms. The van der Waals surface area contributed by atoms with E-state index in [1.54, 1.807) is 19.2 Å².